The van der Waals surface area contributed by atoms with Crippen LogP contribution in [0.25, 0.3) is 0 Å². The van der Waals surface area contributed by atoms with Crippen molar-refractivity contribution >= 4 is 0 Å². The first-order valence-electron chi connectivity index (χ1n) is 2.45. The van der Waals surface area contributed by atoms with Crippen LogP contribution in [0.15, 0.2) is 0 Å². The molecule has 0 bridgehead atoms. The quantitative estimate of drug-likeness (QED) is 0.665. The Kier molecular flexibility index (Phi) is 8.59. The molecule has 0 spiro atoms. The van der Waals surface area contributed by atoms with E-state index < -0.39 is 0 Å². The third kappa shape index (κ3) is 9.93. The molecule has 1 unspecified atom stereocenters. The summed E-state index contributed by atoms with van der Waals surface area (Å²) in [4.78, 5) is 1.95. The SMILES string of the molecule is CC(O)CN(C)C.[Zr]. The molecule has 0 aliphatic heterocycles. The van der Waals surface area contributed by atoms with Gasteiger partial charge in [0, 0.05) is 32.7 Å². The minimum Gasteiger partial charge on any atom is -0.392 e. The van der Waals surface area contributed by atoms with Gasteiger partial charge in [0.2, 0.25) is 0 Å². The molecule has 1 atom stereocenters. The maximum Gasteiger partial charge on any atom is 0.0638 e. The van der Waals surface area contributed by atoms with E-state index >= 15 is 0 Å². The number of likely N-dealkylation sites (N-methyl/N-ethyl adjacent to an activating group) is 1. The molecule has 48 valence electrons. The predicted octanol–water partition coefficient (Wildman–Crippen LogP) is -0.0737. The van der Waals surface area contributed by atoms with Crippen molar-refractivity contribution in [3.8, 4) is 0 Å². The largest absolute Gasteiger partial charge is 0.392 e. The van der Waals surface area contributed by atoms with E-state index in [-0.39, 0.29) is 32.3 Å². The van der Waals surface area contributed by atoms with Crippen LogP contribution in [0.4, 0.5) is 0 Å². The normalized spacial score (nSPS) is 13.1. The second kappa shape index (κ2) is 5.93. The summed E-state index contributed by atoms with van der Waals surface area (Å²) in [5, 5.41) is 8.68. The molecule has 0 rings (SSSR count). The first kappa shape index (κ1) is 11.6. The molecule has 2 nitrogen and oxygen atoms in total. The van der Waals surface area contributed by atoms with E-state index in [9.17, 15) is 0 Å². The van der Waals surface area contributed by atoms with Crippen molar-refractivity contribution in [1.29, 1.82) is 0 Å². The zero-order valence-corrected chi connectivity index (χ0v) is 8.14. The molecule has 0 aliphatic rings. The van der Waals surface area contributed by atoms with Gasteiger partial charge in [0.05, 0.1) is 6.10 Å². The fourth-order valence-corrected chi connectivity index (χ4v) is 0.528. The van der Waals surface area contributed by atoms with Crippen LogP contribution in [-0.4, -0.2) is 36.8 Å². The summed E-state index contributed by atoms with van der Waals surface area (Å²) in [6, 6.07) is 0. The average Bonchev–Trinajstić information content (AvgIpc) is 1.27. The maximum absolute atomic E-state index is 8.68. The molecular formula is C5H13NOZr. The molecule has 0 aromatic heterocycles. The summed E-state index contributed by atoms with van der Waals surface area (Å²) in [5.41, 5.74) is 0. The van der Waals surface area contributed by atoms with Gasteiger partial charge in [-0.1, -0.05) is 0 Å². The molecule has 0 radical (unpaired) electrons. The molecule has 3 heteroatoms. The monoisotopic (exact) mass is 193 g/mol. The Balaban J connectivity index is 0. The summed E-state index contributed by atoms with van der Waals surface area (Å²) in [6.45, 7) is 2.53. The Morgan fingerprint density at radius 3 is 1.88 bits per heavy atom. The van der Waals surface area contributed by atoms with Crippen molar-refractivity contribution in [1.82, 2.24) is 4.90 Å². The van der Waals surface area contributed by atoms with Crippen LogP contribution in [0.1, 0.15) is 6.92 Å². The smallest absolute Gasteiger partial charge is 0.0638 e. The number of aliphatic hydroxyl groups is 1. The standard InChI is InChI=1S/C5H13NO.Zr/c1-5(7)4-6(2)3;/h5,7H,4H2,1-3H3;. The van der Waals surface area contributed by atoms with Gasteiger partial charge >= 0.3 is 0 Å². The van der Waals surface area contributed by atoms with Gasteiger partial charge in [-0.2, -0.15) is 0 Å². The van der Waals surface area contributed by atoms with Gasteiger partial charge in [-0.3, -0.25) is 0 Å². The number of aliphatic hydroxyl groups excluding tert-OH is 1. The topological polar surface area (TPSA) is 23.5 Å². The Morgan fingerprint density at radius 1 is 1.50 bits per heavy atom. The van der Waals surface area contributed by atoms with Crippen LogP contribution in [0, 0.1) is 0 Å². The molecular weight excluding hydrogens is 181 g/mol. The fraction of sp³-hybridized carbons (Fsp3) is 1.00. The molecule has 0 saturated heterocycles. The Bertz CT molecular complexity index is 41.7. The van der Waals surface area contributed by atoms with E-state index in [4.69, 9.17) is 5.11 Å². The van der Waals surface area contributed by atoms with Gasteiger partial charge in [0.1, 0.15) is 0 Å². The predicted molar refractivity (Wildman–Crippen MR) is 30.2 cm³/mol. The van der Waals surface area contributed by atoms with Gasteiger partial charge in [-0.05, 0) is 21.0 Å². The molecule has 0 aliphatic carbocycles. The van der Waals surface area contributed by atoms with E-state index in [1.54, 1.807) is 6.92 Å². The third-order valence-electron chi connectivity index (χ3n) is 0.629. The summed E-state index contributed by atoms with van der Waals surface area (Å²) in [7, 11) is 3.87. The Labute approximate surface area is 70.0 Å². The van der Waals surface area contributed by atoms with Crippen molar-refractivity contribution in [2.75, 3.05) is 20.6 Å². The summed E-state index contributed by atoms with van der Waals surface area (Å²) >= 11 is 0. The fourth-order valence-electron chi connectivity index (χ4n) is 0.528. The van der Waals surface area contributed by atoms with E-state index in [1.165, 1.54) is 0 Å². The molecule has 8 heavy (non-hydrogen) atoms. The van der Waals surface area contributed by atoms with E-state index in [0.717, 1.165) is 6.54 Å². The molecule has 0 heterocycles. The zero-order valence-electron chi connectivity index (χ0n) is 5.68. The van der Waals surface area contributed by atoms with Crippen molar-refractivity contribution in [3.05, 3.63) is 0 Å². The minimum atomic E-state index is -0.199. The van der Waals surface area contributed by atoms with Crippen LogP contribution in [0.3, 0.4) is 0 Å². The number of nitrogens with zero attached hydrogens (tertiary/aromatic N) is 1. The average molecular weight is 194 g/mol. The molecule has 1 N–H and O–H groups in total. The van der Waals surface area contributed by atoms with Gasteiger partial charge < -0.3 is 10.0 Å². The van der Waals surface area contributed by atoms with E-state index in [2.05, 4.69) is 0 Å². The van der Waals surface area contributed by atoms with Crippen molar-refractivity contribution in [3.63, 3.8) is 0 Å². The first-order chi connectivity index (χ1) is 3.13. The molecule has 0 fully saturated rings. The zero-order chi connectivity index (χ0) is 5.86. The van der Waals surface area contributed by atoms with Crippen LogP contribution in [-0.2, 0) is 26.2 Å². The summed E-state index contributed by atoms with van der Waals surface area (Å²) in [5.74, 6) is 0. The Hall–Kier alpha value is 0.803. The van der Waals surface area contributed by atoms with Gasteiger partial charge in [-0.25, -0.2) is 0 Å². The third-order valence-corrected chi connectivity index (χ3v) is 0.629. The Morgan fingerprint density at radius 2 is 1.88 bits per heavy atom. The van der Waals surface area contributed by atoms with E-state index in [0.29, 0.717) is 0 Å². The van der Waals surface area contributed by atoms with Crippen molar-refractivity contribution in [2.45, 2.75) is 13.0 Å². The van der Waals surface area contributed by atoms with Gasteiger partial charge in [-0.15, -0.1) is 0 Å². The summed E-state index contributed by atoms with van der Waals surface area (Å²) in [6.07, 6.45) is -0.199. The number of hydrogen-bond donors (Lipinski definition) is 1. The first-order valence-corrected chi connectivity index (χ1v) is 2.45. The van der Waals surface area contributed by atoms with Crippen LogP contribution < -0.4 is 0 Å². The molecule has 0 aromatic carbocycles. The second-order valence-electron chi connectivity index (χ2n) is 2.11. The van der Waals surface area contributed by atoms with Gasteiger partial charge in [0.25, 0.3) is 0 Å². The van der Waals surface area contributed by atoms with Crippen LogP contribution >= 0.6 is 0 Å². The van der Waals surface area contributed by atoms with Crippen molar-refractivity contribution < 1.29 is 31.3 Å². The van der Waals surface area contributed by atoms with Gasteiger partial charge in [0.15, 0.2) is 0 Å². The maximum atomic E-state index is 8.68. The van der Waals surface area contributed by atoms with E-state index in [1.807, 2.05) is 19.0 Å². The van der Waals surface area contributed by atoms with Crippen molar-refractivity contribution in [2.24, 2.45) is 0 Å². The number of rotatable bonds is 2. The summed E-state index contributed by atoms with van der Waals surface area (Å²) < 4.78 is 0. The number of hydrogen-bond acceptors (Lipinski definition) is 2. The minimum absolute atomic E-state index is 0. The van der Waals surface area contributed by atoms with Crippen LogP contribution in [0.2, 0.25) is 0 Å². The molecule has 0 amide bonds. The second-order valence-corrected chi connectivity index (χ2v) is 2.11. The molecule has 0 saturated carbocycles. The van der Waals surface area contributed by atoms with Crippen LogP contribution in [0.5, 0.6) is 0 Å². The molecule has 0 aromatic rings.